The van der Waals surface area contributed by atoms with Crippen molar-refractivity contribution in [2.24, 2.45) is 0 Å². The second-order valence-electron chi connectivity index (χ2n) is 9.96. The lowest BCUT2D eigenvalue weighted by atomic mass is 10.1. The van der Waals surface area contributed by atoms with Gasteiger partial charge in [0.2, 0.25) is 0 Å². The molecular weight excluding hydrogens is 469 g/mol. The molecule has 0 spiro atoms. The first-order valence-corrected chi connectivity index (χ1v) is 15.5. The summed E-state index contributed by atoms with van der Waals surface area (Å²) in [5, 5.41) is 0. The maximum atomic E-state index is 13.3. The van der Waals surface area contributed by atoms with Crippen molar-refractivity contribution in [2.75, 3.05) is 24.6 Å². The number of imidazole rings is 1. The molecule has 0 saturated carbocycles. The van der Waals surface area contributed by atoms with Crippen LogP contribution in [0.1, 0.15) is 17.8 Å². The van der Waals surface area contributed by atoms with Gasteiger partial charge in [0.15, 0.2) is 0 Å². The Bertz CT molecular complexity index is 1170. The summed E-state index contributed by atoms with van der Waals surface area (Å²) >= 11 is 0. The summed E-state index contributed by atoms with van der Waals surface area (Å²) in [5.41, 5.74) is 1.32. The summed E-state index contributed by atoms with van der Waals surface area (Å²) in [4.78, 5) is 11.4. The molecule has 4 rings (SSSR count). The Balaban J connectivity index is 1.60. The number of pyridine rings is 1. The molecule has 186 valence electrons. The molecule has 0 saturated heterocycles. The Morgan fingerprint density at radius 3 is 2.57 bits per heavy atom. The minimum absolute atomic E-state index is 0.313. The van der Waals surface area contributed by atoms with Crippen LogP contribution in [0.4, 0.5) is 19.0 Å². The smallest absolute Gasteiger partial charge is 0.361 e. The monoisotopic (exact) mass is 500 g/mol. The molecule has 0 fully saturated rings. The van der Waals surface area contributed by atoms with E-state index in [1.165, 1.54) is 6.07 Å². The van der Waals surface area contributed by atoms with Crippen LogP contribution in [-0.2, 0) is 17.6 Å². The topological polar surface area (TPSA) is 43.2 Å². The molecular formula is C26H31F3N4OSi. The van der Waals surface area contributed by atoms with Crippen LogP contribution in [0, 0.1) is 0 Å². The summed E-state index contributed by atoms with van der Waals surface area (Å²) < 4.78 is 47.7. The molecule has 0 N–H and O–H groups in total. The number of hydrogen-bond donors (Lipinski definition) is 0. The van der Waals surface area contributed by atoms with Gasteiger partial charge in [0.1, 0.15) is 18.4 Å². The lowest BCUT2D eigenvalue weighted by Gasteiger charge is -2.27. The van der Waals surface area contributed by atoms with Crippen LogP contribution >= 0.6 is 0 Å². The molecule has 0 unspecified atom stereocenters. The second-order valence-corrected chi connectivity index (χ2v) is 15.6. The van der Waals surface area contributed by atoms with Crippen molar-refractivity contribution in [3.63, 3.8) is 0 Å². The highest BCUT2D eigenvalue weighted by atomic mass is 28.3. The third-order valence-electron chi connectivity index (χ3n) is 5.96. The lowest BCUT2D eigenvalue weighted by Crippen LogP contribution is -2.29. The second kappa shape index (κ2) is 10.4. The summed E-state index contributed by atoms with van der Waals surface area (Å²) in [5.74, 6) is 1.66. The number of anilines is 1. The predicted octanol–water partition coefficient (Wildman–Crippen LogP) is 6.57. The molecule has 0 atom stereocenters. The van der Waals surface area contributed by atoms with Crippen molar-refractivity contribution >= 4 is 19.5 Å². The van der Waals surface area contributed by atoms with Gasteiger partial charge in [0.05, 0.1) is 11.3 Å². The number of ether oxygens (including phenoxy) is 1. The van der Waals surface area contributed by atoms with Gasteiger partial charge in [-0.05, 0) is 42.3 Å². The molecule has 0 bridgehead atoms. The van der Waals surface area contributed by atoms with Crippen LogP contribution in [0.25, 0.3) is 16.8 Å². The van der Waals surface area contributed by atoms with E-state index < -0.39 is 19.8 Å². The normalized spacial score (nSPS) is 14.8. The summed E-state index contributed by atoms with van der Waals surface area (Å²) in [6.07, 6.45) is 2.05. The van der Waals surface area contributed by atoms with Crippen LogP contribution in [0.3, 0.4) is 0 Å². The van der Waals surface area contributed by atoms with Gasteiger partial charge in [-0.25, -0.2) is 9.97 Å². The quantitative estimate of drug-likeness (QED) is 0.259. The average Bonchev–Trinajstić information content (AvgIpc) is 3.26. The first-order valence-electron chi connectivity index (χ1n) is 11.8. The van der Waals surface area contributed by atoms with E-state index in [1.807, 2.05) is 22.8 Å². The highest BCUT2D eigenvalue weighted by molar-refractivity contribution is 6.76. The van der Waals surface area contributed by atoms with Crippen molar-refractivity contribution in [1.82, 2.24) is 14.5 Å². The largest absolute Gasteiger partial charge is 0.416 e. The van der Waals surface area contributed by atoms with Gasteiger partial charge in [-0.3, -0.25) is 0 Å². The van der Waals surface area contributed by atoms with Gasteiger partial charge in [-0.15, -0.1) is 0 Å². The van der Waals surface area contributed by atoms with E-state index in [4.69, 9.17) is 9.72 Å². The maximum absolute atomic E-state index is 13.3. The first-order chi connectivity index (χ1) is 16.6. The molecule has 0 radical (unpaired) electrons. The zero-order valence-electron chi connectivity index (χ0n) is 20.3. The summed E-state index contributed by atoms with van der Waals surface area (Å²) in [6, 6.07) is 12.2. The number of alkyl halides is 3. The van der Waals surface area contributed by atoms with Crippen LogP contribution in [-0.4, -0.2) is 42.3 Å². The Hall–Kier alpha value is -2.91. The fourth-order valence-corrected chi connectivity index (χ4v) is 4.68. The zero-order chi connectivity index (χ0) is 25.1. The Morgan fingerprint density at radius 1 is 1.09 bits per heavy atom. The third kappa shape index (κ3) is 6.61. The van der Waals surface area contributed by atoms with Gasteiger partial charge < -0.3 is 14.2 Å². The number of hydrogen-bond acceptors (Lipinski definition) is 4. The summed E-state index contributed by atoms with van der Waals surface area (Å²) in [6.45, 7) is 9.33. The van der Waals surface area contributed by atoms with E-state index in [1.54, 1.807) is 18.5 Å². The molecule has 0 amide bonds. The molecule has 9 heteroatoms. The molecule has 1 aliphatic rings. The van der Waals surface area contributed by atoms with E-state index in [2.05, 4.69) is 35.6 Å². The lowest BCUT2D eigenvalue weighted by molar-refractivity contribution is -0.137. The van der Waals surface area contributed by atoms with Crippen LogP contribution in [0.15, 0.2) is 60.9 Å². The van der Waals surface area contributed by atoms with Gasteiger partial charge >= 0.3 is 6.18 Å². The predicted molar refractivity (Wildman–Crippen MR) is 136 cm³/mol. The Morgan fingerprint density at radius 2 is 1.91 bits per heavy atom. The number of halogens is 3. The number of aromatic nitrogens is 3. The Labute approximate surface area is 205 Å². The highest BCUT2D eigenvalue weighted by Crippen LogP contribution is 2.33. The third-order valence-corrected chi connectivity index (χ3v) is 7.66. The standard InChI is InChI=1S/C26H31F3N4OSi/c1-35(2,3)16-15-34-19-33-18-23(21-7-6-8-22(17-21)26(27,28)29)31-25(33)20-10-13-32(14-11-20)24-9-4-5-12-30-24/h4-10,12,17-18H,11,13-16,19H2,1-3H3. The molecule has 35 heavy (non-hydrogen) atoms. The van der Waals surface area contributed by atoms with E-state index in [9.17, 15) is 13.2 Å². The van der Waals surface area contributed by atoms with Crippen molar-refractivity contribution in [1.29, 1.82) is 0 Å². The first kappa shape index (κ1) is 25.2. The van der Waals surface area contributed by atoms with Crippen LogP contribution < -0.4 is 4.90 Å². The Kier molecular flexibility index (Phi) is 7.46. The molecule has 5 nitrogen and oxygen atoms in total. The number of nitrogens with zero attached hydrogens (tertiary/aromatic N) is 4. The van der Waals surface area contributed by atoms with Crippen LogP contribution in [0.2, 0.25) is 25.7 Å². The minimum atomic E-state index is -4.40. The summed E-state index contributed by atoms with van der Waals surface area (Å²) in [7, 11) is -1.23. The average molecular weight is 501 g/mol. The molecule has 3 aromatic rings. The van der Waals surface area contributed by atoms with Gasteiger partial charge in [0, 0.05) is 45.7 Å². The van der Waals surface area contributed by atoms with Crippen molar-refractivity contribution in [2.45, 2.75) is 45.0 Å². The molecule has 1 aromatic carbocycles. The van der Waals surface area contributed by atoms with Crippen molar-refractivity contribution in [3.05, 3.63) is 72.3 Å². The van der Waals surface area contributed by atoms with Gasteiger partial charge in [0.25, 0.3) is 0 Å². The zero-order valence-corrected chi connectivity index (χ0v) is 21.3. The minimum Gasteiger partial charge on any atom is -0.361 e. The molecule has 3 heterocycles. The van der Waals surface area contributed by atoms with E-state index in [0.717, 1.165) is 48.4 Å². The van der Waals surface area contributed by atoms with Gasteiger partial charge in [-0.2, -0.15) is 13.2 Å². The van der Waals surface area contributed by atoms with E-state index in [-0.39, 0.29) is 0 Å². The van der Waals surface area contributed by atoms with Gasteiger partial charge in [-0.1, -0.05) is 43.9 Å². The SMILES string of the molecule is C[Si](C)(C)CCOCn1cc(-c2cccc(C(F)(F)F)c2)nc1C1=CCN(c2ccccn2)CC1. The van der Waals surface area contributed by atoms with Crippen molar-refractivity contribution < 1.29 is 17.9 Å². The van der Waals surface area contributed by atoms with Crippen molar-refractivity contribution in [3.8, 4) is 11.3 Å². The van der Waals surface area contributed by atoms with E-state index >= 15 is 0 Å². The number of rotatable bonds is 8. The molecule has 1 aliphatic heterocycles. The van der Waals surface area contributed by atoms with Crippen LogP contribution in [0.5, 0.6) is 0 Å². The maximum Gasteiger partial charge on any atom is 0.416 e. The number of benzene rings is 1. The van der Waals surface area contributed by atoms with E-state index in [0.29, 0.717) is 31.1 Å². The molecule has 2 aromatic heterocycles. The fourth-order valence-electron chi connectivity index (χ4n) is 3.93. The fraction of sp³-hybridized carbons (Fsp3) is 0.385. The molecule has 0 aliphatic carbocycles. The highest BCUT2D eigenvalue weighted by Gasteiger charge is 2.30.